The van der Waals surface area contributed by atoms with Crippen LogP contribution < -0.4 is 10.2 Å². The smallest absolute Gasteiger partial charge is 0.150 e. The summed E-state index contributed by atoms with van der Waals surface area (Å²) in [5, 5.41) is 15.4. The van der Waals surface area contributed by atoms with Gasteiger partial charge in [0, 0.05) is 68.5 Å². The first-order valence-electron chi connectivity index (χ1n) is 8.20. The number of nitrogens with one attached hydrogen (secondary N) is 2. The maximum Gasteiger partial charge on any atom is 0.150 e. The fourth-order valence-electron chi connectivity index (χ4n) is 3.17. The summed E-state index contributed by atoms with van der Waals surface area (Å²) in [5.74, 6) is 1.06. The maximum absolute atomic E-state index is 4.48. The molecule has 0 bridgehead atoms. The van der Waals surface area contributed by atoms with Crippen LogP contribution in [0.15, 0.2) is 43.0 Å². The molecule has 4 rings (SSSR count). The van der Waals surface area contributed by atoms with E-state index in [0.717, 1.165) is 43.1 Å². The number of aromatic amines is 1. The van der Waals surface area contributed by atoms with Crippen molar-refractivity contribution in [2.24, 2.45) is 7.05 Å². The molecule has 124 valence electrons. The third-order valence-corrected chi connectivity index (χ3v) is 4.46. The number of hydrogen-bond acceptors (Lipinski definition) is 5. The standard InChI is InChI=1S/C17H21N7/c1-23-7-5-16(22-23)24-8-4-15(12-24)19-10-14-11-20-21-17(14)13-3-2-6-18-9-13/h2-3,5-7,9,11,15,19H,4,8,10,12H2,1H3,(H,20,21). The van der Waals surface area contributed by atoms with Gasteiger partial charge >= 0.3 is 0 Å². The number of pyridine rings is 1. The van der Waals surface area contributed by atoms with Crippen molar-refractivity contribution in [2.45, 2.75) is 19.0 Å². The van der Waals surface area contributed by atoms with E-state index < -0.39 is 0 Å². The van der Waals surface area contributed by atoms with Gasteiger partial charge in [0.15, 0.2) is 5.82 Å². The summed E-state index contributed by atoms with van der Waals surface area (Å²) in [7, 11) is 1.95. The van der Waals surface area contributed by atoms with Gasteiger partial charge < -0.3 is 10.2 Å². The minimum Gasteiger partial charge on any atom is -0.354 e. The van der Waals surface area contributed by atoms with E-state index in [2.05, 4.69) is 36.6 Å². The first-order chi connectivity index (χ1) is 11.8. The van der Waals surface area contributed by atoms with Crippen molar-refractivity contribution in [1.82, 2.24) is 30.3 Å². The lowest BCUT2D eigenvalue weighted by atomic mass is 10.1. The van der Waals surface area contributed by atoms with Crippen molar-refractivity contribution in [3.05, 3.63) is 48.5 Å². The van der Waals surface area contributed by atoms with E-state index in [0.29, 0.717) is 6.04 Å². The van der Waals surface area contributed by atoms with Crippen LogP contribution in [-0.2, 0) is 13.6 Å². The lowest BCUT2D eigenvalue weighted by Crippen LogP contribution is -2.32. The van der Waals surface area contributed by atoms with E-state index in [1.54, 1.807) is 6.20 Å². The van der Waals surface area contributed by atoms with E-state index >= 15 is 0 Å². The predicted molar refractivity (Wildman–Crippen MR) is 92.5 cm³/mol. The van der Waals surface area contributed by atoms with Crippen LogP contribution in [0.3, 0.4) is 0 Å². The van der Waals surface area contributed by atoms with Crippen LogP contribution in [0.2, 0.25) is 0 Å². The minimum absolute atomic E-state index is 0.462. The summed E-state index contributed by atoms with van der Waals surface area (Å²) in [6, 6.07) is 6.51. The molecule has 4 heterocycles. The van der Waals surface area contributed by atoms with E-state index in [9.17, 15) is 0 Å². The molecule has 2 N–H and O–H groups in total. The average molecular weight is 323 g/mol. The Morgan fingerprint density at radius 1 is 1.33 bits per heavy atom. The summed E-state index contributed by atoms with van der Waals surface area (Å²) in [4.78, 5) is 6.51. The number of aryl methyl sites for hydroxylation is 1. The van der Waals surface area contributed by atoms with Crippen molar-refractivity contribution >= 4 is 5.82 Å². The van der Waals surface area contributed by atoms with Crippen molar-refractivity contribution in [1.29, 1.82) is 0 Å². The van der Waals surface area contributed by atoms with Gasteiger partial charge in [-0.25, -0.2) is 0 Å². The Balaban J connectivity index is 1.38. The molecule has 0 saturated carbocycles. The zero-order valence-electron chi connectivity index (χ0n) is 13.7. The van der Waals surface area contributed by atoms with E-state index in [4.69, 9.17) is 0 Å². The lowest BCUT2D eigenvalue weighted by molar-refractivity contribution is 0.551. The summed E-state index contributed by atoms with van der Waals surface area (Å²) in [6.45, 7) is 2.81. The molecule has 0 amide bonds. The van der Waals surface area contributed by atoms with Gasteiger partial charge in [0.05, 0.1) is 11.9 Å². The molecule has 24 heavy (non-hydrogen) atoms. The van der Waals surface area contributed by atoms with Gasteiger partial charge in [-0.15, -0.1) is 0 Å². The van der Waals surface area contributed by atoms with Crippen LogP contribution in [0.4, 0.5) is 5.82 Å². The van der Waals surface area contributed by atoms with Gasteiger partial charge in [-0.2, -0.15) is 10.2 Å². The van der Waals surface area contributed by atoms with Crippen molar-refractivity contribution in [2.75, 3.05) is 18.0 Å². The molecule has 1 atom stereocenters. The van der Waals surface area contributed by atoms with Gasteiger partial charge in [-0.3, -0.25) is 14.8 Å². The Hall–Kier alpha value is -2.67. The zero-order valence-corrected chi connectivity index (χ0v) is 13.7. The number of anilines is 1. The average Bonchev–Trinajstić information content (AvgIpc) is 3.34. The molecule has 0 aliphatic carbocycles. The highest BCUT2D eigenvalue weighted by atomic mass is 15.3. The molecule has 0 radical (unpaired) electrons. The van der Waals surface area contributed by atoms with Crippen LogP contribution >= 0.6 is 0 Å². The van der Waals surface area contributed by atoms with Crippen molar-refractivity contribution in [3.63, 3.8) is 0 Å². The lowest BCUT2D eigenvalue weighted by Gasteiger charge is -2.16. The Kier molecular flexibility index (Phi) is 4.00. The topological polar surface area (TPSA) is 74.7 Å². The molecule has 7 nitrogen and oxygen atoms in total. The van der Waals surface area contributed by atoms with Crippen molar-refractivity contribution < 1.29 is 0 Å². The number of hydrogen-bond donors (Lipinski definition) is 2. The van der Waals surface area contributed by atoms with Gasteiger partial charge in [0.25, 0.3) is 0 Å². The van der Waals surface area contributed by atoms with Crippen molar-refractivity contribution in [3.8, 4) is 11.3 Å². The molecule has 0 spiro atoms. The molecule has 1 aliphatic heterocycles. The zero-order chi connectivity index (χ0) is 16.4. The second-order valence-electron chi connectivity index (χ2n) is 6.17. The predicted octanol–water partition coefficient (Wildman–Crippen LogP) is 1.57. The first kappa shape index (κ1) is 14.9. The van der Waals surface area contributed by atoms with Gasteiger partial charge in [-0.1, -0.05) is 0 Å². The second-order valence-corrected chi connectivity index (χ2v) is 6.17. The Morgan fingerprint density at radius 3 is 3.08 bits per heavy atom. The van der Waals surface area contributed by atoms with Crippen LogP contribution in [0, 0.1) is 0 Å². The van der Waals surface area contributed by atoms with Gasteiger partial charge in [0.1, 0.15) is 0 Å². The number of H-pyrrole nitrogens is 1. The Bertz CT molecular complexity index is 792. The maximum atomic E-state index is 4.48. The Morgan fingerprint density at radius 2 is 2.29 bits per heavy atom. The highest BCUT2D eigenvalue weighted by Crippen LogP contribution is 2.21. The quantitative estimate of drug-likeness (QED) is 0.745. The summed E-state index contributed by atoms with van der Waals surface area (Å²) in [6.07, 6.45) is 8.64. The molecule has 1 fully saturated rings. The molecular weight excluding hydrogens is 302 g/mol. The largest absolute Gasteiger partial charge is 0.354 e. The molecule has 3 aromatic heterocycles. The van der Waals surface area contributed by atoms with Crippen LogP contribution in [0.5, 0.6) is 0 Å². The molecule has 7 heteroatoms. The van der Waals surface area contributed by atoms with E-state index in [-0.39, 0.29) is 0 Å². The highest BCUT2D eigenvalue weighted by Gasteiger charge is 2.24. The monoisotopic (exact) mass is 323 g/mol. The first-order valence-corrected chi connectivity index (χ1v) is 8.20. The highest BCUT2D eigenvalue weighted by molar-refractivity contribution is 5.61. The molecule has 0 aromatic carbocycles. The summed E-state index contributed by atoms with van der Waals surface area (Å²) in [5.41, 5.74) is 3.27. The molecule has 1 aliphatic rings. The fraction of sp³-hybridized carbons (Fsp3) is 0.353. The molecule has 1 saturated heterocycles. The van der Waals surface area contributed by atoms with Crippen LogP contribution in [-0.4, -0.2) is 44.1 Å². The minimum atomic E-state index is 0.462. The van der Waals surface area contributed by atoms with E-state index in [1.807, 2.05) is 42.5 Å². The Labute approximate surface area is 140 Å². The molecular formula is C17H21N7. The third kappa shape index (κ3) is 3.03. The number of aromatic nitrogens is 5. The number of nitrogens with zero attached hydrogens (tertiary/aromatic N) is 5. The van der Waals surface area contributed by atoms with Crippen LogP contribution in [0.1, 0.15) is 12.0 Å². The number of rotatable bonds is 5. The normalized spacial score (nSPS) is 17.5. The summed E-state index contributed by atoms with van der Waals surface area (Å²) >= 11 is 0. The molecule has 1 unspecified atom stereocenters. The molecule has 3 aromatic rings. The van der Waals surface area contributed by atoms with E-state index in [1.165, 1.54) is 5.56 Å². The van der Waals surface area contributed by atoms with Gasteiger partial charge in [0.2, 0.25) is 0 Å². The van der Waals surface area contributed by atoms with Gasteiger partial charge in [-0.05, 0) is 18.6 Å². The fourth-order valence-corrected chi connectivity index (χ4v) is 3.17. The van der Waals surface area contributed by atoms with Crippen LogP contribution in [0.25, 0.3) is 11.3 Å². The third-order valence-electron chi connectivity index (χ3n) is 4.46. The SMILES string of the molecule is Cn1ccc(N2CCC(NCc3cn[nH]c3-c3cccnc3)C2)n1. The summed E-state index contributed by atoms with van der Waals surface area (Å²) < 4.78 is 1.85. The second kappa shape index (κ2) is 6.45.